The van der Waals surface area contributed by atoms with Crippen molar-refractivity contribution in [3.05, 3.63) is 82.9 Å². The minimum absolute atomic E-state index is 0.120. The lowest BCUT2D eigenvalue weighted by atomic mass is 10.0. The second-order valence-electron chi connectivity index (χ2n) is 13.0. The zero-order valence-electron chi connectivity index (χ0n) is 33.3. The summed E-state index contributed by atoms with van der Waals surface area (Å²) in [6, 6.07) is 10.5. The first-order chi connectivity index (χ1) is 27.9. The molecule has 0 aliphatic carbocycles. The number of benzene rings is 3. The van der Waals surface area contributed by atoms with E-state index < -0.39 is 36.1 Å². The van der Waals surface area contributed by atoms with Crippen molar-refractivity contribution >= 4 is 66.8 Å². The van der Waals surface area contributed by atoms with E-state index in [0.717, 1.165) is 0 Å². The van der Waals surface area contributed by atoms with Crippen LogP contribution in [0.4, 0.5) is 0 Å². The predicted octanol–water partition coefficient (Wildman–Crippen LogP) is 7.48. The predicted molar refractivity (Wildman–Crippen MR) is 230 cm³/mol. The summed E-state index contributed by atoms with van der Waals surface area (Å²) in [6.45, 7) is 8.17. The summed E-state index contributed by atoms with van der Waals surface area (Å²) in [6.07, 6.45) is 12.0. The van der Waals surface area contributed by atoms with Crippen molar-refractivity contribution in [2.24, 2.45) is 0 Å². The van der Waals surface area contributed by atoms with E-state index in [0.29, 0.717) is 87.1 Å². The van der Waals surface area contributed by atoms with Crippen LogP contribution in [-0.4, -0.2) is 97.3 Å². The molecule has 0 bridgehead atoms. The van der Waals surface area contributed by atoms with Crippen molar-refractivity contribution < 1.29 is 67.3 Å². The Bertz CT molecular complexity index is 2300. The second kappa shape index (κ2) is 23.1. The summed E-state index contributed by atoms with van der Waals surface area (Å²) in [5.74, 6) is 1.69. The lowest BCUT2D eigenvalue weighted by Gasteiger charge is -2.15. The Kier molecular flexibility index (Phi) is 19.0. The van der Waals surface area contributed by atoms with Gasteiger partial charge < -0.3 is 28.4 Å². The lowest BCUT2D eigenvalue weighted by Crippen LogP contribution is -2.07. The molecule has 3 aromatic rings. The van der Waals surface area contributed by atoms with Crippen molar-refractivity contribution in [3.8, 4) is 34.5 Å². The zero-order chi connectivity index (χ0) is 43.6. The van der Waals surface area contributed by atoms with Gasteiger partial charge in [-0.2, -0.15) is 25.3 Å². The molecule has 3 N–H and O–H groups in total. The SMILES string of the molecule is C=Cc1cc(OCCCCS(=O)(=O)O)c(/C=C/c2cc(OCCCCS(=O)(=O)O)c(/C=C/c3cc(OCCCCS(=O)(=O)O)c(C=C)cc3OC)cc2OC)cc1OC. The monoisotopic (exact) mass is 880 g/mol. The Morgan fingerprint density at radius 2 is 0.661 bits per heavy atom. The van der Waals surface area contributed by atoms with E-state index >= 15 is 0 Å². The van der Waals surface area contributed by atoms with Gasteiger partial charge in [-0.3, -0.25) is 13.7 Å². The van der Waals surface area contributed by atoms with Gasteiger partial charge in [-0.05, 0) is 74.9 Å². The topological polar surface area (TPSA) is 218 Å². The molecule has 0 unspecified atom stereocenters. The van der Waals surface area contributed by atoms with Crippen LogP contribution in [0.5, 0.6) is 34.5 Å². The summed E-state index contributed by atoms with van der Waals surface area (Å²) in [7, 11) is -7.76. The summed E-state index contributed by atoms with van der Waals surface area (Å²) < 4.78 is 129. The van der Waals surface area contributed by atoms with Gasteiger partial charge in [-0.25, -0.2) is 0 Å². The molecule has 0 fully saturated rings. The maximum Gasteiger partial charge on any atom is 0.264 e. The summed E-state index contributed by atoms with van der Waals surface area (Å²) in [5, 5.41) is 0. The minimum Gasteiger partial charge on any atom is -0.496 e. The molecule has 0 spiro atoms. The van der Waals surface area contributed by atoms with Crippen molar-refractivity contribution in [1.82, 2.24) is 0 Å². The first-order valence-corrected chi connectivity index (χ1v) is 23.2. The molecule has 3 aromatic carbocycles. The van der Waals surface area contributed by atoms with E-state index in [4.69, 9.17) is 37.5 Å². The van der Waals surface area contributed by atoms with Crippen molar-refractivity contribution in [3.63, 3.8) is 0 Å². The average molecular weight is 881 g/mol. The molecule has 0 aromatic heterocycles. The molecule has 324 valence electrons. The molecule has 0 atom stereocenters. The normalized spacial score (nSPS) is 12.1. The molecule has 0 aliphatic heterocycles. The molecule has 0 heterocycles. The van der Waals surface area contributed by atoms with Gasteiger partial charge >= 0.3 is 0 Å². The highest BCUT2D eigenvalue weighted by atomic mass is 32.2. The van der Waals surface area contributed by atoms with Gasteiger partial charge in [0, 0.05) is 33.4 Å². The van der Waals surface area contributed by atoms with E-state index in [-0.39, 0.29) is 50.6 Å². The Morgan fingerprint density at radius 3 is 0.966 bits per heavy atom. The number of ether oxygens (including phenoxy) is 6. The fourth-order valence-corrected chi connectivity index (χ4v) is 7.29. The van der Waals surface area contributed by atoms with E-state index in [1.807, 2.05) is 0 Å². The lowest BCUT2D eigenvalue weighted by molar-refractivity contribution is 0.307. The van der Waals surface area contributed by atoms with Crippen LogP contribution in [0.1, 0.15) is 71.9 Å². The summed E-state index contributed by atoms with van der Waals surface area (Å²) >= 11 is 0. The van der Waals surface area contributed by atoms with Crippen LogP contribution in [0.15, 0.2) is 49.6 Å². The molecular weight excluding hydrogens is 829 g/mol. The van der Waals surface area contributed by atoms with Crippen molar-refractivity contribution in [1.29, 1.82) is 0 Å². The molecule has 15 nitrogen and oxygen atoms in total. The fourth-order valence-electron chi connectivity index (χ4n) is 5.58. The number of hydrogen-bond donors (Lipinski definition) is 3. The first kappa shape index (κ1) is 48.5. The van der Waals surface area contributed by atoms with Crippen LogP contribution < -0.4 is 28.4 Å². The highest BCUT2D eigenvalue weighted by molar-refractivity contribution is 7.86. The third-order valence-electron chi connectivity index (χ3n) is 8.57. The Morgan fingerprint density at radius 1 is 0.424 bits per heavy atom. The molecule has 0 amide bonds. The van der Waals surface area contributed by atoms with Crippen LogP contribution >= 0.6 is 0 Å². The van der Waals surface area contributed by atoms with Gasteiger partial charge in [-0.15, -0.1) is 0 Å². The molecule has 0 aliphatic rings. The summed E-state index contributed by atoms with van der Waals surface area (Å²) in [5.41, 5.74) is 3.73. The zero-order valence-corrected chi connectivity index (χ0v) is 35.7. The van der Waals surface area contributed by atoms with Crippen LogP contribution in [-0.2, 0) is 30.4 Å². The maximum atomic E-state index is 11.3. The van der Waals surface area contributed by atoms with Crippen LogP contribution in [0.25, 0.3) is 36.5 Å². The molecule has 0 saturated carbocycles. The molecule has 0 saturated heterocycles. The molecule has 0 radical (unpaired) electrons. The number of methoxy groups -OCH3 is 3. The van der Waals surface area contributed by atoms with Gasteiger partial charge in [0.15, 0.2) is 0 Å². The van der Waals surface area contributed by atoms with Crippen molar-refractivity contribution in [2.75, 3.05) is 58.4 Å². The molecule has 3 rings (SSSR count). The van der Waals surface area contributed by atoms with E-state index in [2.05, 4.69) is 13.2 Å². The third-order valence-corrected chi connectivity index (χ3v) is 11.0. The largest absolute Gasteiger partial charge is 0.496 e. The number of unbranched alkanes of at least 4 members (excludes halogenated alkanes) is 3. The van der Waals surface area contributed by atoms with E-state index in [1.165, 1.54) is 21.3 Å². The standard InChI is InChI=1S/C41H52O15S3/c1-6-30-25-40(55-19-9-12-22-58(45,46)47)34(26-36(30)51-3)16-15-33-29-41(56-20-10-13-23-59(48,49)50)35(27-38(33)53-5)17-14-32-28-39(31(7-2)24-37(32)52-4)54-18-8-11-21-57(42,43)44/h6-7,14-17,24-29H,1-2,8-13,18-23H2,3-5H3,(H,42,43,44)(H,45,46,47)(H,48,49,50)/b16-15+,17-14+. The Balaban J connectivity index is 2.03. The third kappa shape index (κ3) is 17.1. The molecule has 59 heavy (non-hydrogen) atoms. The van der Waals surface area contributed by atoms with E-state index in [1.54, 1.807) is 72.9 Å². The highest BCUT2D eigenvalue weighted by Crippen LogP contribution is 2.36. The second-order valence-corrected chi connectivity index (χ2v) is 17.7. The van der Waals surface area contributed by atoms with Crippen molar-refractivity contribution in [2.45, 2.75) is 38.5 Å². The van der Waals surface area contributed by atoms with Gasteiger partial charge in [0.2, 0.25) is 0 Å². The maximum absolute atomic E-state index is 11.3. The van der Waals surface area contributed by atoms with Gasteiger partial charge in [-0.1, -0.05) is 49.6 Å². The van der Waals surface area contributed by atoms with Gasteiger partial charge in [0.25, 0.3) is 30.4 Å². The summed E-state index contributed by atoms with van der Waals surface area (Å²) in [4.78, 5) is 0. The molecular formula is C41H52O15S3. The van der Waals surface area contributed by atoms with E-state index in [9.17, 15) is 29.8 Å². The van der Waals surface area contributed by atoms with Crippen LogP contribution in [0.2, 0.25) is 0 Å². The fraction of sp³-hybridized carbons (Fsp3) is 0.366. The number of rotatable bonds is 27. The quantitative estimate of drug-likeness (QED) is 0.0384. The smallest absolute Gasteiger partial charge is 0.264 e. The first-order valence-electron chi connectivity index (χ1n) is 18.4. The van der Waals surface area contributed by atoms with Gasteiger partial charge in [0.05, 0.1) is 58.4 Å². The van der Waals surface area contributed by atoms with Crippen LogP contribution in [0, 0.1) is 0 Å². The Hall–Kier alpha value is -4.85. The molecule has 18 heteroatoms. The Labute approximate surface area is 347 Å². The van der Waals surface area contributed by atoms with Gasteiger partial charge in [0.1, 0.15) is 34.5 Å². The highest BCUT2D eigenvalue weighted by Gasteiger charge is 2.15. The minimum atomic E-state index is -4.14. The van der Waals surface area contributed by atoms with Crippen LogP contribution in [0.3, 0.4) is 0 Å². The number of hydrogen-bond acceptors (Lipinski definition) is 12. The average Bonchev–Trinajstić information content (AvgIpc) is 3.17.